The number of nitrogens with zero attached hydrogens (tertiary/aromatic N) is 1. The number of aliphatic hydroxyl groups excluding tert-OH is 1. The van der Waals surface area contributed by atoms with Gasteiger partial charge >= 0.3 is 5.97 Å². The maximum Gasteiger partial charge on any atom is 0.305 e. The molecule has 114 valence electrons. The van der Waals surface area contributed by atoms with Gasteiger partial charge in [0.05, 0.1) is 13.0 Å². The van der Waals surface area contributed by atoms with Crippen LogP contribution in [0.3, 0.4) is 0 Å². The lowest BCUT2D eigenvalue weighted by Gasteiger charge is -2.20. The van der Waals surface area contributed by atoms with Crippen LogP contribution in [0.15, 0.2) is 30.3 Å². The van der Waals surface area contributed by atoms with E-state index in [1.54, 1.807) is 30.3 Å². The molecule has 0 atom stereocenters. The molecule has 0 unspecified atom stereocenters. The van der Waals surface area contributed by atoms with Crippen LogP contribution >= 0.6 is 0 Å². The number of carboxylic acids is 1. The summed E-state index contributed by atoms with van der Waals surface area (Å²) in [7, 11) is 0. The second-order valence-corrected chi connectivity index (χ2v) is 4.54. The molecule has 0 saturated carbocycles. The minimum atomic E-state index is -1.01. The maximum absolute atomic E-state index is 12.0. The van der Waals surface area contributed by atoms with Crippen LogP contribution in [-0.2, 0) is 9.59 Å². The number of aliphatic carboxylic acids is 1. The molecular weight excluding hydrogens is 274 g/mol. The highest BCUT2D eigenvalue weighted by atomic mass is 16.4. The van der Waals surface area contributed by atoms with Crippen molar-refractivity contribution in [1.82, 2.24) is 4.90 Å². The summed E-state index contributed by atoms with van der Waals surface area (Å²) in [5.41, 5.74) is 0.546. The fourth-order valence-corrected chi connectivity index (χ4v) is 1.86. The summed E-state index contributed by atoms with van der Waals surface area (Å²) in [5, 5.41) is 17.5. The molecule has 1 aromatic carbocycles. The Morgan fingerprint density at radius 3 is 2.19 bits per heavy atom. The monoisotopic (exact) mass is 293 g/mol. The molecule has 0 aliphatic rings. The Bertz CT molecular complexity index is 486. The zero-order chi connectivity index (χ0) is 15.7. The number of aliphatic hydroxyl groups is 1. The van der Waals surface area contributed by atoms with Gasteiger partial charge in [-0.05, 0) is 0 Å². The predicted octanol–water partition coefficient (Wildman–Crippen LogP) is 0.945. The molecule has 6 heteroatoms. The summed E-state index contributed by atoms with van der Waals surface area (Å²) in [6, 6.07) is 8.67. The second-order valence-electron chi connectivity index (χ2n) is 4.54. The molecule has 0 aliphatic carbocycles. The van der Waals surface area contributed by atoms with Gasteiger partial charge in [-0.15, -0.1) is 0 Å². The molecule has 0 saturated heterocycles. The first kappa shape index (κ1) is 16.8. The highest BCUT2D eigenvalue weighted by Gasteiger charge is 2.16. The van der Waals surface area contributed by atoms with Crippen LogP contribution in [0.2, 0.25) is 0 Å². The average molecular weight is 293 g/mol. The number of ketones is 1. The largest absolute Gasteiger partial charge is 0.481 e. The highest BCUT2D eigenvalue weighted by Crippen LogP contribution is 2.07. The normalized spacial score (nSPS) is 10.1. The highest BCUT2D eigenvalue weighted by molar-refractivity contribution is 5.97. The van der Waals surface area contributed by atoms with Gasteiger partial charge in [0.25, 0.3) is 0 Å². The number of Topliss-reactive ketones (excluding diaryl/α,β-unsaturated/α-hetero) is 1. The molecule has 0 bridgehead atoms. The van der Waals surface area contributed by atoms with Gasteiger partial charge in [0.15, 0.2) is 5.78 Å². The van der Waals surface area contributed by atoms with Gasteiger partial charge in [-0.3, -0.25) is 14.4 Å². The predicted molar refractivity (Wildman–Crippen MR) is 75.9 cm³/mol. The molecule has 2 N–H and O–H groups in total. The summed E-state index contributed by atoms with van der Waals surface area (Å²) in [6.07, 6.45) is -0.108. The molecule has 21 heavy (non-hydrogen) atoms. The number of benzene rings is 1. The minimum Gasteiger partial charge on any atom is -0.481 e. The number of carboxylic acid groups (broad SMARTS) is 1. The lowest BCUT2D eigenvalue weighted by molar-refractivity contribution is -0.138. The Balaban J connectivity index is 2.49. The van der Waals surface area contributed by atoms with E-state index < -0.39 is 5.97 Å². The average Bonchev–Trinajstić information content (AvgIpc) is 2.49. The van der Waals surface area contributed by atoms with Crippen LogP contribution in [0.5, 0.6) is 0 Å². The standard InChI is InChI=1S/C15H19NO5/c17-11-10-16(9-8-15(20)21)14(19)7-6-13(18)12-4-2-1-3-5-12/h1-5,17H,6-11H2,(H,20,21). The molecule has 0 heterocycles. The summed E-state index contributed by atoms with van der Waals surface area (Å²) >= 11 is 0. The summed E-state index contributed by atoms with van der Waals surface area (Å²) in [4.78, 5) is 35.6. The van der Waals surface area contributed by atoms with Crippen LogP contribution in [0.4, 0.5) is 0 Å². The van der Waals surface area contributed by atoms with Gasteiger partial charge in [0, 0.05) is 31.5 Å². The van der Waals surface area contributed by atoms with Crippen molar-refractivity contribution < 1.29 is 24.6 Å². The first-order valence-electron chi connectivity index (χ1n) is 6.73. The number of carbonyl (C=O) groups excluding carboxylic acids is 2. The molecular formula is C15H19NO5. The van der Waals surface area contributed by atoms with Crippen LogP contribution < -0.4 is 0 Å². The first-order valence-corrected chi connectivity index (χ1v) is 6.73. The Hall–Kier alpha value is -2.21. The van der Waals surface area contributed by atoms with Crippen LogP contribution in [-0.4, -0.2) is 52.5 Å². The van der Waals surface area contributed by atoms with Crippen LogP contribution in [0.1, 0.15) is 29.6 Å². The van der Waals surface area contributed by atoms with Crippen LogP contribution in [0, 0.1) is 0 Å². The van der Waals surface area contributed by atoms with Crippen molar-refractivity contribution in [1.29, 1.82) is 0 Å². The van der Waals surface area contributed by atoms with Crippen molar-refractivity contribution >= 4 is 17.7 Å². The van der Waals surface area contributed by atoms with E-state index in [-0.39, 0.29) is 50.6 Å². The van der Waals surface area contributed by atoms with E-state index in [0.717, 1.165) is 0 Å². The van der Waals surface area contributed by atoms with Crippen molar-refractivity contribution in [2.24, 2.45) is 0 Å². The minimum absolute atomic E-state index is 0.00729. The van der Waals surface area contributed by atoms with Crippen molar-refractivity contribution in [3.63, 3.8) is 0 Å². The van der Waals surface area contributed by atoms with Gasteiger partial charge in [0.2, 0.25) is 5.91 Å². The van der Waals surface area contributed by atoms with Crippen molar-refractivity contribution in [2.75, 3.05) is 19.7 Å². The van der Waals surface area contributed by atoms with Gasteiger partial charge < -0.3 is 15.1 Å². The van der Waals surface area contributed by atoms with Gasteiger partial charge in [-0.2, -0.15) is 0 Å². The smallest absolute Gasteiger partial charge is 0.305 e. The maximum atomic E-state index is 12.0. The third-order valence-corrected chi connectivity index (χ3v) is 2.98. The van der Waals surface area contributed by atoms with E-state index in [1.165, 1.54) is 4.90 Å². The van der Waals surface area contributed by atoms with E-state index in [9.17, 15) is 14.4 Å². The number of amides is 1. The SMILES string of the molecule is O=C(O)CCN(CCO)C(=O)CCC(=O)c1ccccc1. The fraction of sp³-hybridized carbons (Fsp3) is 0.400. The lowest BCUT2D eigenvalue weighted by atomic mass is 10.1. The molecule has 0 aliphatic heterocycles. The Labute approximate surface area is 123 Å². The van der Waals surface area contributed by atoms with Gasteiger partial charge in [-0.1, -0.05) is 30.3 Å². The molecule has 6 nitrogen and oxygen atoms in total. The number of hydrogen-bond acceptors (Lipinski definition) is 4. The molecule has 1 rings (SSSR count). The van der Waals surface area contributed by atoms with E-state index in [1.807, 2.05) is 0 Å². The Morgan fingerprint density at radius 1 is 0.952 bits per heavy atom. The van der Waals surface area contributed by atoms with E-state index in [2.05, 4.69) is 0 Å². The second kappa shape index (κ2) is 8.86. The molecule has 0 aromatic heterocycles. The fourth-order valence-electron chi connectivity index (χ4n) is 1.86. The van der Waals surface area contributed by atoms with Gasteiger partial charge in [-0.25, -0.2) is 0 Å². The zero-order valence-corrected chi connectivity index (χ0v) is 11.7. The summed E-state index contributed by atoms with van der Waals surface area (Å²) in [5.74, 6) is -1.47. The van der Waals surface area contributed by atoms with Crippen molar-refractivity contribution in [3.8, 4) is 0 Å². The zero-order valence-electron chi connectivity index (χ0n) is 11.7. The van der Waals surface area contributed by atoms with Crippen molar-refractivity contribution in [2.45, 2.75) is 19.3 Å². The molecule has 0 spiro atoms. The van der Waals surface area contributed by atoms with E-state index in [0.29, 0.717) is 5.56 Å². The number of hydrogen-bond donors (Lipinski definition) is 2. The third-order valence-electron chi connectivity index (χ3n) is 2.98. The summed E-state index contributed by atoms with van der Waals surface area (Å²) < 4.78 is 0. The summed E-state index contributed by atoms with van der Waals surface area (Å²) in [6.45, 7) is -0.127. The lowest BCUT2D eigenvalue weighted by Crippen LogP contribution is -2.35. The van der Waals surface area contributed by atoms with E-state index in [4.69, 9.17) is 10.2 Å². The number of rotatable bonds is 9. The Kier molecular flexibility index (Phi) is 7.11. The van der Waals surface area contributed by atoms with Gasteiger partial charge in [0.1, 0.15) is 0 Å². The molecule has 1 amide bonds. The molecule has 0 fully saturated rings. The molecule has 0 radical (unpaired) electrons. The third kappa shape index (κ3) is 6.18. The topological polar surface area (TPSA) is 94.9 Å². The van der Waals surface area contributed by atoms with Crippen molar-refractivity contribution in [3.05, 3.63) is 35.9 Å². The van der Waals surface area contributed by atoms with Crippen LogP contribution in [0.25, 0.3) is 0 Å². The number of carbonyl (C=O) groups is 3. The molecule has 1 aromatic rings. The van der Waals surface area contributed by atoms with E-state index >= 15 is 0 Å². The quantitative estimate of drug-likeness (QED) is 0.661. The first-order chi connectivity index (χ1) is 10.0. The Morgan fingerprint density at radius 2 is 1.62 bits per heavy atom.